The van der Waals surface area contributed by atoms with Gasteiger partial charge in [0.15, 0.2) is 17.5 Å². The molecule has 0 N–H and O–H groups in total. The predicted molar refractivity (Wildman–Crippen MR) is 230 cm³/mol. The molecule has 0 radical (unpaired) electrons. The van der Waals surface area contributed by atoms with E-state index in [0.717, 1.165) is 88.4 Å². The first-order chi connectivity index (χ1) is 28.3. The van der Waals surface area contributed by atoms with E-state index >= 15 is 0 Å². The standard InChI is InChI=1S/C51H30N4O2/c1-2-14-31(15-3-1)49-52-50(32-28-29-44-39(30-32)36-19-7-11-25-43(36)56-44)54-51(53-49)38-21-13-27-46-48(38)47-37(20-12-26-45(47)57-46)35-18-6-10-24-42(35)55-40-22-8-4-16-33(40)34-17-5-9-23-41(34)55/h1-30H. The maximum Gasteiger partial charge on any atom is 0.164 e. The second-order valence-electron chi connectivity index (χ2n) is 14.3. The third-order valence-corrected chi connectivity index (χ3v) is 11.1. The molecule has 6 nitrogen and oxygen atoms in total. The maximum atomic E-state index is 6.67. The number of aromatic nitrogens is 4. The van der Waals surface area contributed by atoms with E-state index < -0.39 is 0 Å². The van der Waals surface area contributed by atoms with E-state index in [1.54, 1.807) is 0 Å². The van der Waals surface area contributed by atoms with Crippen molar-refractivity contribution in [3.05, 3.63) is 182 Å². The Bertz CT molecular complexity index is 3490. The Morgan fingerprint density at radius 3 is 1.63 bits per heavy atom. The van der Waals surface area contributed by atoms with E-state index in [1.165, 1.54) is 10.8 Å². The van der Waals surface area contributed by atoms with E-state index in [-0.39, 0.29) is 0 Å². The second kappa shape index (κ2) is 12.3. The number of para-hydroxylation sites is 4. The molecule has 12 aromatic rings. The summed E-state index contributed by atoms with van der Waals surface area (Å²) < 4.78 is 15.2. The zero-order valence-corrected chi connectivity index (χ0v) is 30.4. The van der Waals surface area contributed by atoms with Gasteiger partial charge in [-0.15, -0.1) is 0 Å². The minimum absolute atomic E-state index is 0.565. The first-order valence-corrected chi connectivity index (χ1v) is 19.0. The van der Waals surface area contributed by atoms with Crippen LogP contribution in [0.4, 0.5) is 0 Å². The van der Waals surface area contributed by atoms with Crippen molar-refractivity contribution < 1.29 is 8.83 Å². The van der Waals surface area contributed by atoms with Gasteiger partial charge < -0.3 is 13.4 Å². The van der Waals surface area contributed by atoms with Crippen LogP contribution in [0.5, 0.6) is 0 Å². The summed E-state index contributed by atoms with van der Waals surface area (Å²) >= 11 is 0. The van der Waals surface area contributed by atoms with Crippen molar-refractivity contribution in [3.63, 3.8) is 0 Å². The molecular weight excluding hydrogens is 701 g/mol. The summed E-state index contributed by atoms with van der Waals surface area (Å²) in [6.45, 7) is 0. The zero-order chi connectivity index (χ0) is 37.5. The smallest absolute Gasteiger partial charge is 0.164 e. The molecule has 0 atom stereocenters. The summed E-state index contributed by atoms with van der Waals surface area (Å²) in [5.41, 5.74) is 11.4. The van der Waals surface area contributed by atoms with Crippen LogP contribution >= 0.6 is 0 Å². The van der Waals surface area contributed by atoms with Gasteiger partial charge in [-0.25, -0.2) is 15.0 Å². The van der Waals surface area contributed by atoms with Crippen LogP contribution in [-0.4, -0.2) is 19.5 Å². The maximum absolute atomic E-state index is 6.67. The van der Waals surface area contributed by atoms with Gasteiger partial charge in [-0.2, -0.15) is 0 Å². The molecule has 6 heteroatoms. The van der Waals surface area contributed by atoms with Crippen LogP contribution < -0.4 is 0 Å². The second-order valence-corrected chi connectivity index (χ2v) is 14.3. The molecule has 0 saturated heterocycles. The highest BCUT2D eigenvalue weighted by atomic mass is 16.3. The third kappa shape index (κ3) is 4.87. The van der Waals surface area contributed by atoms with Crippen LogP contribution in [0, 0.1) is 0 Å². The molecule has 57 heavy (non-hydrogen) atoms. The van der Waals surface area contributed by atoms with Crippen molar-refractivity contribution in [2.24, 2.45) is 0 Å². The average molecular weight is 731 g/mol. The highest BCUT2D eigenvalue weighted by Gasteiger charge is 2.22. The lowest BCUT2D eigenvalue weighted by molar-refractivity contribution is 0.668. The number of nitrogens with zero attached hydrogens (tertiary/aromatic N) is 4. The molecule has 12 rings (SSSR count). The average Bonchev–Trinajstić information content (AvgIpc) is 3.96. The molecule has 0 unspecified atom stereocenters. The van der Waals surface area contributed by atoms with Crippen LogP contribution in [0.15, 0.2) is 191 Å². The van der Waals surface area contributed by atoms with Crippen molar-refractivity contribution in [1.82, 2.24) is 19.5 Å². The minimum atomic E-state index is 0.565. The number of benzene rings is 8. The number of hydrogen-bond donors (Lipinski definition) is 0. The fourth-order valence-electron chi connectivity index (χ4n) is 8.56. The van der Waals surface area contributed by atoms with Crippen LogP contribution in [0.1, 0.15) is 0 Å². The van der Waals surface area contributed by atoms with E-state index in [4.69, 9.17) is 23.8 Å². The number of furan rings is 2. The third-order valence-electron chi connectivity index (χ3n) is 11.1. The first-order valence-electron chi connectivity index (χ1n) is 19.0. The lowest BCUT2D eigenvalue weighted by atomic mass is 9.95. The monoisotopic (exact) mass is 730 g/mol. The quantitative estimate of drug-likeness (QED) is 0.176. The summed E-state index contributed by atoms with van der Waals surface area (Å²) in [6.07, 6.45) is 0. The summed E-state index contributed by atoms with van der Waals surface area (Å²) in [7, 11) is 0. The van der Waals surface area contributed by atoms with Gasteiger partial charge in [0.25, 0.3) is 0 Å². The van der Waals surface area contributed by atoms with Crippen molar-refractivity contribution in [2.45, 2.75) is 0 Å². The Labute approximate surface area is 325 Å². The van der Waals surface area contributed by atoms with E-state index in [9.17, 15) is 0 Å². The Morgan fingerprint density at radius 2 is 0.860 bits per heavy atom. The number of rotatable bonds is 5. The molecule has 4 aromatic heterocycles. The van der Waals surface area contributed by atoms with Crippen molar-refractivity contribution in [1.29, 1.82) is 0 Å². The largest absolute Gasteiger partial charge is 0.456 e. The Morgan fingerprint density at radius 1 is 0.333 bits per heavy atom. The summed E-state index contributed by atoms with van der Waals surface area (Å²) in [5.74, 6) is 1.73. The zero-order valence-electron chi connectivity index (χ0n) is 30.4. The van der Waals surface area contributed by atoms with E-state index in [2.05, 4.69) is 108 Å². The molecule has 0 fully saturated rings. The molecule has 0 saturated carbocycles. The van der Waals surface area contributed by atoms with Gasteiger partial charge in [-0.05, 0) is 60.2 Å². The van der Waals surface area contributed by atoms with Gasteiger partial charge in [0.2, 0.25) is 0 Å². The highest BCUT2D eigenvalue weighted by molar-refractivity contribution is 6.18. The van der Waals surface area contributed by atoms with Gasteiger partial charge in [-0.3, -0.25) is 0 Å². The molecule has 8 aromatic carbocycles. The van der Waals surface area contributed by atoms with Gasteiger partial charge in [0.05, 0.1) is 16.7 Å². The number of fused-ring (bicyclic) bond motifs is 9. The van der Waals surface area contributed by atoms with Gasteiger partial charge in [0.1, 0.15) is 22.3 Å². The SMILES string of the molecule is c1ccc(-c2nc(-c3ccc4oc5ccccc5c4c3)nc(-c3cccc4oc5cccc(-c6ccccc6-n6c7ccccc7c7ccccc76)c5c34)n2)cc1. The van der Waals surface area contributed by atoms with Gasteiger partial charge in [-0.1, -0.05) is 127 Å². The van der Waals surface area contributed by atoms with E-state index in [0.29, 0.717) is 17.5 Å². The molecule has 0 amide bonds. The predicted octanol–water partition coefficient (Wildman–Crippen LogP) is 13.4. The fraction of sp³-hybridized carbons (Fsp3) is 0. The van der Waals surface area contributed by atoms with Crippen molar-refractivity contribution in [3.8, 4) is 51.0 Å². The minimum Gasteiger partial charge on any atom is -0.456 e. The molecule has 0 aliphatic carbocycles. The molecule has 266 valence electrons. The topological polar surface area (TPSA) is 69.9 Å². The molecule has 0 bridgehead atoms. The fourth-order valence-corrected chi connectivity index (χ4v) is 8.56. The molecule has 0 aliphatic rings. The van der Waals surface area contributed by atoms with E-state index in [1.807, 2.05) is 78.9 Å². The van der Waals surface area contributed by atoms with Crippen molar-refractivity contribution in [2.75, 3.05) is 0 Å². The Balaban J connectivity index is 1.11. The molecule has 4 heterocycles. The van der Waals surface area contributed by atoms with Crippen LogP contribution in [0.2, 0.25) is 0 Å². The summed E-state index contributed by atoms with van der Waals surface area (Å²) in [6, 6.07) is 62.7. The van der Waals surface area contributed by atoms with Crippen LogP contribution in [0.3, 0.4) is 0 Å². The molecule has 0 aliphatic heterocycles. The lowest BCUT2D eigenvalue weighted by Gasteiger charge is -2.15. The Kier molecular flexibility index (Phi) is 6.83. The van der Waals surface area contributed by atoms with Crippen molar-refractivity contribution >= 4 is 65.7 Å². The summed E-state index contributed by atoms with van der Waals surface area (Å²) in [4.78, 5) is 15.5. The lowest BCUT2D eigenvalue weighted by Crippen LogP contribution is -2.00. The normalized spacial score (nSPS) is 11.9. The van der Waals surface area contributed by atoms with Crippen LogP contribution in [0.25, 0.3) is 117 Å². The first kappa shape index (κ1) is 31.5. The Hall–Kier alpha value is -7.83. The van der Waals surface area contributed by atoms with Gasteiger partial charge >= 0.3 is 0 Å². The van der Waals surface area contributed by atoms with Gasteiger partial charge in [0, 0.05) is 54.6 Å². The molecule has 0 spiro atoms. The highest BCUT2D eigenvalue weighted by Crippen LogP contribution is 2.44. The molecular formula is C51H30N4O2. The van der Waals surface area contributed by atoms with Crippen LogP contribution in [-0.2, 0) is 0 Å². The number of hydrogen-bond acceptors (Lipinski definition) is 5. The summed E-state index contributed by atoms with van der Waals surface area (Å²) in [5, 5.41) is 6.46.